The zero-order valence-corrected chi connectivity index (χ0v) is 10.4. The lowest BCUT2D eigenvalue weighted by Crippen LogP contribution is -2.00. The fraction of sp³-hybridized carbons (Fsp3) is 0.214. The fourth-order valence-corrected chi connectivity index (χ4v) is 1.90. The first-order valence-corrected chi connectivity index (χ1v) is 6.25. The van der Waals surface area contributed by atoms with Gasteiger partial charge >= 0.3 is 0 Å². The average Bonchev–Trinajstić information content (AvgIpc) is 2.93. The minimum Gasteiger partial charge on any atom is -0.339 e. The summed E-state index contributed by atoms with van der Waals surface area (Å²) in [6.45, 7) is 0.617. The number of nitrogens with two attached hydrogens (primary N) is 1. The Labute approximate surface area is 110 Å². The Kier molecular flexibility index (Phi) is 3.20. The topological polar surface area (TPSA) is 77.8 Å². The molecular weight excluding hydrogens is 240 g/mol. The van der Waals surface area contributed by atoms with Crippen molar-refractivity contribution in [1.29, 1.82) is 0 Å². The molecular formula is C14H14N4O. The van der Waals surface area contributed by atoms with Crippen LogP contribution in [0.1, 0.15) is 12.3 Å². The van der Waals surface area contributed by atoms with E-state index in [-0.39, 0.29) is 0 Å². The van der Waals surface area contributed by atoms with Gasteiger partial charge in [0.1, 0.15) is 5.69 Å². The third-order valence-corrected chi connectivity index (χ3v) is 2.89. The van der Waals surface area contributed by atoms with Gasteiger partial charge in [-0.3, -0.25) is 0 Å². The van der Waals surface area contributed by atoms with Gasteiger partial charge in [0.2, 0.25) is 11.7 Å². The van der Waals surface area contributed by atoms with Crippen LogP contribution in [0.2, 0.25) is 0 Å². The highest BCUT2D eigenvalue weighted by atomic mass is 16.5. The van der Waals surface area contributed by atoms with E-state index in [0.29, 0.717) is 24.7 Å². The summed E-state index contributed by atoms with van der Waals surface area (Å²) in [4.78, 5) is 8.86. The number of nitrogens with zero attached hydrogens (tertiary/aromatic N) is 3. The van der Waals surface area contributed by atoms with E-state index in [1.165, 1.54) is 0 Å². The summed E-state index contributed by atoms with van der Waals surface area (Å²) in [6.07, 6.45) is 1.55. The second kappa shape index (κ2) is 5.16. The van der Waals surface area contributed by atoms with Crippen molar-refractivity contribution in [2.24, 2.45) is 5.73 Å². The average molecular weight is 254 g/mol. The number of aryl methyl sites for hydroxylation is 1. The summed E-state index contributed by atoms with van der Waals surface area (Å²) < 4.78 is 5.18. The lowest BCUT2D eigenvalue weighted by Gasteiger charge is -1.98. The molecule has 96 valence electrons. The van der Waals surface area contributed by atoms with E-state index in [1.54, 1.807) is 0 Å². The molecule has 0 aliphatic heterocycles. The zero-order chi connectivity index (χ0) is 13.1. The highest BCUT2D eigenvalue weighted by molar-refractivity contribution is 5.80. The van der Waals surface area contributed by atoms with Crippen molar-refractivity contribution >= 4 is 10.9 Å². The first-order valence-electron chi connectivity index (χ1n) is 6.25. The molecule has 0 aliphatic rings. The molecule has 2 N–H and O–H groups in total. The highest BCUT2D eigenvalue weighted by Gasteiger charge is 2.09. The molecule has 0 bridgehead atoms. The number of hydrogen-bond donors (Lipinski definition) is 1. The molecule has 0 saturated heterocycles. The molecule has 0 fully saturated rings. The van der Waals surface area contributed by atoms with Crippen LogP contribution in [0.3, 0.4) is 0 Å². The van der Waals surface area contributed by atoms with Crippen molar-refractivity contribution in [2.75, 3.05) is 6.54 Å². The van der Waals surface area contributed by atoms with Crippen LogP contribution in [0.4, 0.5) is 0 Å². The normalized spacial score (nSPS) is 11.0. The number of aromatic nitrogens is 3. The van der Waals surface area contributed by atoms with Crippen molar-refractivity contribution < 1.29 is 4.52 Å². The Morgan fingerprint density at radius 2 is 1.95 bits per heavy atom. The maximum Gasteiger partial charge on any atom is 0.227 e. The summed E-state index contributed by atoms with van der Waals surface area (Å²) in [5.41, 5.74) is 7.10. The molecule has 5 heteroatoms. The zero-order valence-electron chi connectivity index (χ0n) is 10.4. The lowest BCUT2D eigenvalue weighted by atomic mass is 10.2. The Morgan fingerprint density at radius 3 is 2.84 bits per heavy atom. The Bertz CT molecular complexity index is 692. The second-order valence-electron chi connectivity index (χ2n) is 4.29. The van der Waals surface area contributed by atoms with Crippen LogP contribution in [0.5, 0.6) is 0 Å². The smallest absolute Gasteiger partial charge is 0.227 e. The maximum atomic E-state index is 5.45. The summed E-state index contributed by atoms with van der Waals surface area (Å²) in [5.74, 6) is 1.13. The summed E-state index contributed by atoms with van der Waals surface area (Å²) >= 11 is 0. The Morgan fingerprint density at radius 1 is 1.05 bits per heavy atom. The van der Waals surface area contributed by atoms with E-state index in [0.717, 1.165) is 23.0 Å². The predicted molar refractivity (Wildman–Crippen MR) is 72.4 cm³/mol. The van der Waals surface area contributed by atoms with Crippen LogP contribution in [0, 0.1) is 0 Å². The van der Waals surface area contributed by atoms with E-state index >= 15 is 0 Å². The molecule has 3 rings (SSSR count). The van der Waals surface area contributed by atoms with Gasteiger partial charge in [-0.1, -0.05) is 29.4 Å². The van der Waals surface area contributed by atoms with Crippen molar-refractivity contribution in [3.8, 4) is 11.5 Å². The van der Waals surface area contributed by atoms with Gasteiger partial charge < -0.3 is 10.3 Å². The van der Waals surface area contributed by atoms with Crippen LogP contribution in [0.25, 0.3) is 22.4 Å². The third-order valence-electron chi connectivity index (χ3n) is 2.89. The second-order valence-corrected chi connectivity index (χ2v) is 4.29. The van der Waals surface area contributed by atoms with E-state index in [4.69, 9.17) is 10.3 Å². The standard InChI is InChI=1S/C14H14N4O/c15-9-3-6-13-17-14(18-19-13)12-8-7-10-4-1-2-5-11(10)16-12/h1-2,4-5,7-8H,3,6,9,15H2. The number of fused-ring (bicyclic) bond motifs is 1. The number of pyridine rings is 1. The molecule has 0 amide bonds. The van der Waals surface area contributed by atoms with Gasteiger partial charge in [0.15, 0.2) is 0 Å². The summed E-state index contributed by atoms with van der Waals surface area (Å²) in [6, 6.07) is 11.8. The number of benzene rings is 1. The van der Waals surface area contributed by atoms with Crippen LogP contribution < -0.4 is 5.73 Å². The van der Waals surface area contributed by atoms with Crippen LogP contribution >= 0.6 is 0 Å². The van der Waals surface area contributed by atoms with Crippen molar-refractivity contribution in [2.45, 2.75) is 12.8 Å². The Hall–Kier alpha value is -2.27. The molecule has 0 saturated carbocycles. The molecule has 0 aliphatic carbocycles. The third kappa shape index (κ3) is 2.46. The number of hydrogen-bond acceptors (Lipinski definition) is 5. The van der Waals surface area contributed by atoms with Gasteiger partial charge in [-0.2, -0.15) is 4.98 Å². The Balaban J connectivity index is 1.92. The van der Waals surface area contributed by atoms with Crippen molar-refractivity contribution in [3.63, 3.8) is 0 Å². The molecule has 19 heavy (non-hydrogen) atoms. The molecule has 2 heterocycles. The molecule has 0 spiro atoms. The van der Waals surface area contributed by atoms with E-state index in [2.05, 4.69) is 15.1 Å². The first-order chi connectivity index (χ1) is 9.36. The quantitative estimate of drug-likeness (QED) is 0.772. The minimum absolute atomic E-state index is 0.526. The SMILES string of the molecule is NCCCc1nc(-c2ccc3ccccc3n2)no1. The first kappa shape index (κ1) is 11.8. The molecule has 0 radical (unpaired) electrons. The lowest BCUT2D eigenvalue weighted by molar-refractivity contribution is 0.376. The van der Waals surface area contributed by atoms with Gasteiger partial charge in [-0.05, 0) is 25.1 Å². The molecule has 5 nitrogen and oxygen atoms in total. The van der Waals surface area contributed by atoms with E-state index < -0.39 is 0 Å². The van der Waals surface area contributed by atoms with Gasteiger partial charge in [-0.15, -0.1) is 0 Å². The molecule has 2 aromatic heterocycles. The number of para-hydroxylation sites is 1. The summed E-state index contributed by atoms with van der Waals surface area (Å²) in [7, 11) is 0. The molecule has 3 aromatic rings. The largest absolute Gasteiger partial charge is 0.339 e. The molecule has 1 aromatic carbocycles. The van der Waals surface area contributed by atoms with Crippen molar-refractivity contribution in [1.82, 2.24) is 15.1 Å². The monoisotopic (exact) mass is 254 g/mol. The van der Waals surface area contributed by atoms with Crippen LogP contribution in [-0.2, 0) is 6.42 Å². The van der Waals surface area contributed by atoms with Gasteiger partial charge in [0.05, 0.1) is 5.52 Å². The fourth-order valence-electron chi connectivity index (χ4n) is 1.90. The van der Waals surface area contributed by atoms with Crippen LogP contribution in [-0.4, -0.2) is 21.7 Å². The molecule has 0 unspecified atom stereocenters. The summed E-state index contributed by atoms with van der Waals surface area (Å²) in [5, 5.41) is 5.05. The van der Waals surface area contributed by atoms with Crippen LogP contribution in [0.15, 0.2) is 40.9 Å². The van der Waals surface area contributed by atoms with Crippen molar-refractivity contribution in [3.05, 3.63) is 42.3 Å². The minimum atomic E-state index is 0.526. The van der Waals surface area contributed by atoms with Gasteiger partial charge in [0.25, 0.3) is 0 Å². The maximum absolute atomic E-state index is 5.45. The predicted octanol–water partition coefficient (Wildman–Crippen LogP) is 2.18. The highest BCUT2D eigenvalue weighted by Crippen LogP contribution is 2.18. The molecule has 0 atom stereocenters. The van der Waals surface area contributed by atoms with Gasteiger partial charge in [0, 0.05) is 11.8 Å². The van der Waals surface area contributed by atoms with E-state index in [9.17, 15) is 0 Å². The van der Waals surface area contributed by atoms with Gasteiger partial charge in [-0.25, -0.2) is 4.98 Å². The van der Waals surface area contributed by atoms with E-state index in [1.807, 2.05) is 36.4 Å². The number of rotatable bonds is 4.